The Morgan fingerprint density at radius 3 is 2.24 bits per heavy atom. The Morgan fingerprint density at radius 1 is 1.05 bits per heavy atom. The lowest BCUT2D eigenvalue weighted by Gasteiger charge is -2.69. The number of allylic oxidation sites excluding steroid dienone is 1. The molecule has 4 atom stereocenters. The van der Waals surface area contributed by atoms with Crippen molar-refractivity contribution >= 4 is 5.97 Å². The van der Waals surface area contributed by atoms with Gasteiger partial charge in [0, 0.05) is 12.2 Å². The number of aliphatic hydroxyl groups is 2. The molecule has 0 radical (unpaired) electrons. The normalized spacial score (nSPS) is 49.2. The lowest BCUT2D eigenvalue weighted by atomic mass is 9.37. The Kier molecular flexibility index (Phi) is 2.94. The lowest BCUT2D eigenvalue weighted by molar-refractivity contribution is -0.228. The average Bonchev–Trinajstić information content (AvgIpc) is 2.32. The molecule has 4 saturated carbocycles. The van der Waals surface area contributed by atoms with Crippen molar-refractivity contribution in [3.05, 3.63) is 11.1 Å². The van der Waals surface area contributed by atoms with E-state index in [1.807, 2.05) is 6.92 Å². The summed E-state index contributed by atoms with van der Waals surface area (Å²) in [4.78, 5) is 11.4. The maximum Gasteiger partial charge on any atom is 0.331 e. The van der Waals surface area contributed by atoms with Crippen LogP contribution in [0.2, 0.25) is 0 Å². The fraction of sp³-hybridized carbons (Fsp3) is 0.824. The molecule has 21 heavy (non-hydrogen) atoms. The molecular weight excluding hydrogens is 268 g/mol. The van der Waals surface area contributed by atoms with Gasteiger partial charge in [0.25, 0.3) is 0 Å². The molecule has 0 amide bonds. The number of aliphatic carboxylic acids is 1. The maximum absolute atomic E-state index is 11.4. The molecule has 4 aliphatic carbocycles. The Labute approximate surface area is 125 Å². The topological polar surface area (TPSA) is 77.8 Å². The summed E-state index contributed by atoms with van der Waals surface area (Å²) < 4.78 is 0. The highest BCUT2D eigenvalue weighted by Crippen LogP contribution is 2.72. The number of carbonyl (C=O) groups is 1. The second-order valence-corrected chi connectivity index (χ2v) is 8.59. The molecule has 0 aromatic carbocycles. The molecular formula is C17H26O4. The highest BCUT2D eigenvalue weighted by Gasteiger charge is 2.66. The number of carboxylic acid groups (broad SMARTS) is 1. The van der Waals surface area contributed by atoms with Gasteiger partial charge in [-0.15, -0.1) is 0 Å². The third-order valence-corrected chi connectivity index (χ3v) is 6.42. The van der Waals surface area contributed by atoms with Crippen LogP contribution < -0.4 is 0 Å². The summed E-state index contributed by atoms with van der Waals surface area (Å²) in [5.41, 5.74) is 0.0640. The second kappa shape index (κ2) is 4.11. The zero-order valence-electron chi connectivity index (χ0n) is 13.2. The fourth-order valence-electron chi connectivity index (χ4n) is 6.44. The number of rotatable bonds is 3. The van der Waals surface area contributed by atoms with E-state index in [2.05, 4.69) is 6.92 Å². The van der Waals surface area contributed by atoms with Crippen LogP contribution in [0, 0.1) is 16.2 Å². The first kappa shape index (κ1) is 15.0. The standard InChI is InChI=1S/C17H26O4/c1-11(13(19)20)12(2)16-5-14(3)4-15(7-16,10-18)8-17(21,6-14)9-16/h18,21H,4-10H2,1-3H3,(H,19,20). The number of hydrogen-bond acceptors (Lipinski definition) is 3. The lowest BCUT2D eigenvalue weighted by Crippen LogP contribution is -2.64. The Morgan fingerprint density at radius 2 is 1.71 bits per heavy atom. The fourth-order valence-corrected chi connectivity index (χ4v) is 6.44. The minimum absolute atomic E-state index is 0.00622. The van der Waals surface area contributed by atoms with Crippen LogP contribution in [0.3, 0.4) is 0 Å². The minimum Gasteiger partial charge on any atom is -0.478 e. The van der Waals surface area contributed by atoms with E-state index in [1.165, 1.54) is 0 Å². The van der Waals surface area contributed by atoms with Crippen LogP contribution in [-0.4, -0.2) is 33.5 Å². The smallest absolute Gasteiger partial charge is 0.331 e. The van der Waals surface area contributed by atoms with Crippen molar-refractivity contribution in [3.63, 3.8) is 0 Å². The van der Waals surface area contributed by atoms with Gasteiger partial charge in [0.05, 0.1) is 5.60 Å². The van der Waals surface area contributed by atoms with E-state index in [0.29, 0.717) is 18.4 Å². The van der Waals surface area contributed by atoms with Crippen molar-refractivity contribution in [3.8, 4) is 0 Å². The Bertz CT molecular complexity index is 515. The molecule has 0 saturated heterocycles. The van der Waals surface area contributed by atoms with Gasteiger partial charge in [0.15, 0.2) is 0 Å². The summed E-state index contributed by atoms with van der Waals surface area (Å²) in [6.45, 7) is 5.85. The molecule has 4 rings (SSSR count). The third kappa shape index (κ3) is 2.07. The van der Waals surface area contributed by atoms with Crippen molar-refractivity contribution in [1.29, 1.82) is 0 Å². The van der Waals surface area contributed by atoms with Crippen molar-refractivity contribution in [2.45, 2.75) is 64.9 Å². The van der Waals surface area contributed by atoms with E-state index in [0.717, 1.165) is 31.3 Å². The molecule has 4 bridgehead atoms. The number of hydrogen-bond donors (Lipinski definition) is 3. The molecule has 4 heteroatoms. The van der Waals surface area contributed by atoms with Gasteiger partial charge in [-0.25, -0.2) is 4.79 Å². The molecule has 0 spiro atoms. The van der Waals surface area contributed by atoms with E-state index in [-0.39, 0.29) is 22.9 Å². The third-order valence-electron chi connectivity index (χ3n) is 6.42. The zero-order chi connectivity index (χ0) is 15.7. The maximum atomic E-state index is 11.4. The van der Waals surface area contributed by atoms with Gasteiger partial charge < -0.3 is 15.3 Å². The molecule has 0 aromatic rings. The number of aliphatic hydroxyl groups excluding tert-OH is 1. The highest BCUT2D eigenvalue weighted by atomic mass is 16.4. The van der Waals surface area contributed by atoms with E-state index in [9.17, 15) is 20.1 Å². The summed E-state index contributed by atoms with van der Waals surface area (Å²) in [7, 11) is 0. The number of carboxylic acids is 1. The summed E-state index contributed by atoms with van der Waals surface area (Å²) >= 11 is 0. The van der Waals surface area contributed by atoms with Crippen LogP contribution in [0.15, 0.2) is 11.1 Å². The molecule has 0 heterocycles. The molecule has 4 unspecified atom stereocenters. The SMILES string of the molecule is CC(C(=O)O)=C(C)C12CC3(C)CC(O)(CC(CO)(C3)C1)C2. The first-order valence-corrected chi connectivity index (χ1v) is 7.81. The summed E-state index contributed by atoms with van der Waals surface area (Å²) in [5.74, 6) is -0.876. The van der Waals surface area contributed by atoms with Crippen LogP contribution in [0.25, 0.3) is 0 Å². The van der Waals surface area contributed by atoms with Gasteiger partial charge in [0.1, 0.15) is 0 Å². The molecule has 0 aliphatic heterocycles. The minimum atomic E-state index is -0.876. The molecule has 0 aromatic heterocycles. The van der Waals surface area contributed by atoms with Crippen LogP contribution in [0.4, 0.5) is 0 Å². The largest absolute Gasteiger partial charge is 0.478 e. The zero-order valence-corrected chi connectivity index (χ0v) is 13.2. The van der Waals surface area contributed by atoms with Crippen molar-refractivity contribution in [2.24, 2.45) is 16.2 Å². The van der Waals surface area contributed by atoms with E-state index >= 15 is 0 Å². The quantitative estimate of drug-likeness (QED) is 0.699. The first-order chi connectivity index (χ1) is 9.57. The van der Waals surface area contributed by atoms with Crippen LogP contribution in [-0.2, 0) is 4.79 Å². The van der Waals surface area contributed by atoms with Gasteiger partial charge in [-0.05, 0) is 68.6 Å². The Hall–Kier alpha value is -0.870. The Balaban J connectivity index is 2.12. The van der Waals surface area contributed by atoms with Crippen molar-refractivity contribution in [1.82, 2.24) is 0 Å². The average molecular weight is 294 g/mol. The van der Waals surface area contributed by atoms with Gasteiger partial charge in [-0.2, -0.15) is 0 Å². The molecule has 3 N–H and O–H groups in total. The van der Waals surface area contributed by atoms with Crippen LogP contribution >= 0.6 is 0 Å². The molecule has 4 fully saturated rings. The molecule has 118 valence electrons. The summed E-state index contributed by atoms with van der Waals surface area (Å²) in [6, 6.07) is 0. The predicted molar refractivity (Wildman–Crippen MR) is 78.7 cm³/mol. The monoisotopic (exact) mass is 294 g/mol. The molecule has 4 aliphatic rings. The van der Waals surface area contributed by atoms with Gasteiger partial charge in [-0.1, -0.05) is 12.5 Å². The van der Waals surface area contributed by atoms with Gasteiger partial charge >= 0.3 is 5.97 Å². The van der Waals surface area contributed by atoms with Crippen molar-refractivity contribution < 1.29 is 20.1 Å². The van der Waals surface area contributed by atoms with Crippen molar-refractivity contribution in [2.75, 3.05) is 6.61 Å². The second-order valence-electron chi connectivity index (χ2n) is 8.59. The van der Waals surface area contributed by atoms with E-state index in [1.54, 1.807) is 6.92 Å². The van der Waals surface area contributed by atoms with Gasteiger partial charge in [0.2, 0.25) is 0 Å². The predicted octanol–water partition coefficient (Wildman–Crippen LogP) is 2.49. The van der Waals surface area contributed by atoms with E-state index in [4.69, 9.17) is 0 Å². The summed E-state index contributed by atoms with van der Waals surface area (Å²) in [6.07, 6.45) is 4.77. The summed E-state index contributed by atoms with van der Waals surface area (Å²) in [5, 5.41) is 30.3. The first-order valence-electron chi connectivity index (χ1n) is 7.81. The van der Waals surface area contributed by atoms with E-state index < -0.39 is 11.6 Å². The molecule has 4 nitrogen and oxygen atoms in total. The highest BCUT2D eigenvalue weighted by molar-refractivity contribution is 5.87. The van der Waals surface area contributed by atoms with Gasteiger partial charge in [-0.3, -0.25) is 0 Å². The van der Waals surface area contributed by atoms with Crippen LogP contribution in [0.1, 0.15) is 59.3 Å². The van der Waals surface area contributed by atoms with Crippen LogP contribution in [0.5, 0.6) is 0 Å².